The lowest BCUT2D eigenvalue weighted by molar-refractivity contribution is -0.131. The predicted octanol–water partition coefficient (Wildman–Crippen LogP) is 2.13. The summed E-state index contributed by atoms with van der Waals surface area (Å²) in [4.78, 5) is 23.4. The van der Waals surface area contributed by atoms with Crippen molar-refractivity contribution in [3.63, 3.8) is 0 Å². The first-order valence-electron chi connectivity index (χ1n) is 5.62. The van der Waals surface area contributed by atoms with E-state index in [1.165, 1.54) is 6.08 Å². The number of aliphatic carboxylic acids is 1. The van der Waals surface area contributed by atoms with Gasteiger partial charge in [0.2, 0.25) is 0 Å². The minimum absolute atomic E-state index is 0.338. The molecule has 5 nitrogen and oxygen atoms in total. The maximum Gasteiger partial charge on any atom is 0.414 e. The van der Waals surface area contributed by atoms with Crippen LogP contribution in [0.4, 0.5) is 10.5 Å². The normalized spacial score (nSPS) is 15.8. The van der Waals surface area contributed by atoms with Crippen LogP contribution in [0.15, 0.2) is 30.3 Å². The van der Waals surface area contributed by atoms with Crippen LogP contribution >= 0.6 is 0 Å². The molecular formula is C13H13NO4. The van der Waals surface area contributed by atoms with Gasteiger partial charge in [-0.15, -0.1) is 0 Å². The van der Waals surface area contributed by atoms with Gasteiger partial charge in [0.1, 0.15) is 0 Å². The van der Waals surface area contributed by atoms with Gasteiger partial charge >= 0.3 is 12.1 Å². The van der Waals surface area contributed by atoms with Crippen LogP contribution in [-0.4, -0.2) is 30.3 Å². The Hall–Kier alpha value is -2.30. The molecule has 0 atom stereocenters. The minimum atomic E-state index is -0.987. The van der Waals surface area contributed by atoms with Crippen LogP contribution in [0.5, 0.6) is 0 Å². The summed E-state index contributed by atoms with van der Waals surface area (Å²) < 4.78 is 4.95. The van der Waals surface area contributed by atoms with Gasteiger partial charge < -0.3 is 9.84 Å². The molecule has 0 aromatic heterocycles. The Balaban J connectivity index is 2.11. The van der Waals surface area contributed by atoms with Crippen LogP contribution in [0.3, 0.4) is 0 Å². The molecule has 1 aliphatic rings. The second-order valence-corrected chi connectivity index (χ2v) is 3.88. The summed E-state index contributed by atoms with van der Waals surface area (Å²) in [6.07, 6.45) is 3.05. The molecule has 0 aliphatic carbocycles. The SMILES string of the molecule is O=C(O)/C=C/c1ccc(N2CCCOC2=O)cc1. The molecule has 0 radical (unpaired) electrons. The van der Waals surface area contributed by atoms with E-state index in [-0.39, 0.29) is 6.09 Å². The Kier molecular flexibility index (Phi) is 3.62. The molecule has 94 valence electrons. The fraction of sp³-hybridized carbons (Fsp3) is 0.231. The average Bonchev–Trinajstić information content (AvgIpc) is 2.38. The van der Waals surface area contributed by atoms with Gasteiger partial charge in [0, 0.05) is 18.3 Å². The van der Waals surface area contributed by atoms with Gasteiger partial charge in [0.05, 0.1) is 6.61 Å². The molecule has 0 bridgehead atoms. The summed E-state index contributed by atoms with van der Waals surface area (Å²) in [6.45, 7) is 1.11. The van der Waals surface area contributed by atoms with Crippen LogP contribution in [0.1, 0.15) is 12.0 Å². The number of hydrogen-bond acceptors (Lipinski definition) is 3. The predicted molar refractivity (Wildman–Crippen MR) is 66.4 cm³/mol. The molecule has 18 heavy (non-hydrogen) atoms. The number of carbonyl (C=O) groups excluding carboxylic acids is 1. The van der Waals surface area contributed by atoms with Crippen molar-refractivity contribution in [3.8, 4) is 0 Å². The maximum absolute atomic E-state index is 11.5. The third-order valence-corrected chi connectivity index (χ3v) is 2.60. The Labute approximate surface area is 104 Å². The van der Waals surface area contributed by atoms with Crippen molar-refractivity contribution >= 4 is 23.8 Å². The van der Waals surface area contributed by atoms with Gasteiger partial charge in [0.25, 0.3) is 0 Å². The first kappa shape index (κ1) is 12.2. The highest BCUT2D eigenvalue weighted by Crippen LogP contribution is 2.19. The Morgan fingerprint density at radius 3 is 2.67 bits per heavy atom. The number of amides is 1. The number of benzene rings is 1. The van der Waals surface area contributed by atoms with Crippen molar-refractivity contribution in [2.24, 2.45) is 0 Å². The van der Waals surface area contributed by atoms with Crippen LogP contribution in [-0.2, 0) is 9.53 Å². The molecule has 1 N–H and O–H groups in total. The number of anilines is 1. The highest BCUT2D eigenvalue weighted by Gasteiger charge is 2.20. The van der Waals surface area contributed by atoms with Gasteiger partial charge in [0.15, 0.2) is 0 Å². The Morgan fingerprint density at radius 1 is 1.33 bits per heavy atom. The highest BCUT2D eigenvalue weighted by atomic mass is 16.6. The fourth-order valence-corrected chi connectivity index (χ4v) is 1.72. The van der Waals surface area contributed by atoms with Gasteiger partial charge in [-0.2, -0.15) is 0 Å². The molecule has 1 aliphatic heterocycles. The first-order chi connectivity index (χ1) is 8.66. The molecule has 2 rings (SSSR count). The molecule has 0 spiro atoms. The van der Waals surface area contributed by atoms with Crippen molar-refractivity contribution in [3.05, 3.63) is 35.9 Å². The smallest absolute Gasteiger partial charge is 0.414 e. The van der Waals surface area contributed by atoms with Crippen LogP contribution < -0.4 is 4.90 Å². The number of ether oxygens (including phenoxy) is 1. The number of rotatable bonds is 3. The summed E-state index contributed by atoms with van der Waals surface area (Å²) in [6, 6.07) is 7.07. The molecule has 5 heteroatoms. The number of carboxylic acids is 1. The van der Waals surface area contributed by atoms with Crippen molar-refractivity contribution in [1.29, 1.82) is 0 Å². The molecule has 1 saturated heterocycles. The van der Waals surface area contributed by atoms with E-state index < -0.39 is 5.97 Å². The largest absolute Gasteiger partial charge is 0.478 e. The quantitative estimate of drug-likeness (QED) is 0.831. The number of cyclic esters (lactones) is 1. The van der Waals surface area contributed by atoms with E-state index in [4.69, 9.17) is 9.84 Å². The van der Waals surface area contributed by atoms with Crippen molar-refractivity contribution in [2.75, 3.05) is 18.1 Å². The Bertz CT molecular complexity index is 478. The Morgan fingerprint density at radius 2 is 2.06 bits per heavy atom. The number of carbonyl (C=O) groups is 2. The number of hydrogen-bond donors (Lipinski definition) is 1. The van der Waals surface area contributed by atoms with E-state index in [2.05, 4.69) is 0 Å². The van der Waals surface area contributed by atoms with E-state index in [0.29, 0.717) is 13.2 Å². The zero-order valence-electron chi connectivity index (χ0n) is 9.70. The van der Waals surface area contributed by atoms with Crippen molar-refractivity contribution < 1.29 is 19.4 Å². The second-order valence-electron chi connectivity index (χ2n) is 3.88. The van der Waals surface area contributed by atoms with Gasteiger partial charge in [-0.1, -0.05) is 12.1 Å². The van der Waals surface area contributed by atoms with Crippen LogP contribution in [0.25, 0.3) is 6.08 Å². The number of carboxylic acid groups (broad SMARTS) is 1. The zero-order chi connectivity index (χ0) is 13.0. The fourth-order valence-electron chi connectivity index (χ4n) is 1.72. The molecule has 1 heterocycles. The lowest BCUT2D eigenvalue weighted by Crippen LogP contribution is -2.37. The third kappa shape index (κ3) is 2.88. The van der Waals surface area contributed by atoms with Crippen molar-refractivity contribution in [2.45, 2.75) is 6.42 Å². The zero-order valence-corrected chi connectivity index (χ0v) is 9.70. The molecule has 1 aromatic carbocycles. The summed E-state index contributed by atoms with van der Waals surface area (Å²) in [5.74, 6) is -0.987. The van der Waals surface area contributed by atoms with E-state index >= 15 is 0 Å². The van der Waals surface area contributed by atoms with Crippen LogP contribution in [0, 0.1) is 0 Å². The summed E-state index contributed by atoms with van der Waals surface area (Å²) in [7, 11) is 0. The molecule has 0 unspecified atom stereocenters. The number of nitrogens with zero attached hydrogens (tertiary/aromatic N) is 1. The third-order valence-electron chi connectivity index (χ3n) is 2.60. The van der Waals surface area contributed by atoms with E-state index in [1.807, 2.05) is 0 Å². The molecule has 1 amide bonds. The van der Waals surface area contributed by atoms with Gasteiger partial charge in [-0.25, -0.2) is 9.59 Å². The topological polar surface area (TPSA) is 66.8 Å². The molecular weight excluding hydrogens is 234 g/mol. The lowest BCUT2D eigenvalue weighted by atomic mass is 10.2. The highest BCUT2D eigenvalue weighted by molar-refractivity contribution is 5.88. The minimum Gasteiger partial charge on any atom is -0.478 e. The average molecular weight is 247 g/mol. The first-order valence-corrected chi connectivity index (χ1v) is 5.62. The monoisotopic (exact) mass is 247 g/mol. The van der Waals surface area contributed by atoms with E-state index in [1.54, 1.807) is 29.2 Å². The summed E-state index contributed by atoms with van der Waals surface area (Å²) in [5, 5.41) is 8.51. The van der Waals surface area contributed by atoms with Crippen molar-refractivity contribution in [1.82, 2.24) is 0 Å². The maximum atomic E-state index is 11.5. The second kappa shape index (κ2) is 5.35. The lowest BCUT2D eigenvalue weighted by Gasteiger charge is -2.26. The van der Waals surface area contributed by atoms with Crippen LogP contribution in [0.2, 0.25) is 0 Å². The van der Waals surface area contributed by atoms with E-state index in [9.17, 15) is 9.59 Å². The summed E-state index contributed by atoms with van der Waals surface area (Å²) in [5.41, 5.74) is 1.53. The van der Waals surface area contributed by atoms with E-state index in [0.717, 1.165) is 23.7 Å². The summed E-state index contributed by atoms with van der Waals surface area (Å²) >= 11 is 0. The molecule has 1 aromatic rings. The molecule has 0 saturated carbocycles. The molecule has 1 fully saturated rings. The van der Waals surface area contributed by atoms with Gasteiger partial charge in [-0.3, -0.25) is 4.90 Å². The van der Waals surface area contributed by atoms with Gasteiger partial charge in [-0.05, 0) is 30.2 Å². The standard InChI is InChI=1S/C13H13NO4/c15-12(16)7-4-10-2-5-11(6-3-10)14-8-1-9-18-13(14)17/h2-7H,1,8-9H2,(H,15,16)/b7-4+.